The molecule has 0 saturated heterocycles. The molecular weight excluding hydrogens is 230 g/mol. The average Bonchev–Trinajstić information content (AvgIpc) is 2.96. The van der Waals surface area contributed by atoms with Crippen LogP contribution in [-0.4, -0.2) is 22.9 Å². The van der Waals surface area contributed by atoms with Gasteiger partial charge in [0.1, 0.15) is 4.88 Å². The van der Waals surface area contributed by atoms with E-state index in [2.05, 4.69) is 5.32 Å². The van der Waals surface area contributed by atoms with Crippen LogP contribution in [0.3, 0.4) is 0 Å². The SMILES string of the molecule is O=C(O)c1cc2c(s1)SC(C1CC1)CN2. The van der Waals surface area contributed by atoms with Gasteiger partial charge in [-0.2, -0.15) is 0 Å². The Morgan fingerprint density at radius 1 is 1.53 bits per heavy atom. The monoisotopic (exact) mass is 241 g/mol. The lowest BCUT2D eigenvalue weighted by Gasteiger charge is -2.22. The van der Waals surface area contributed by atoms with Gasteiger partial charge in [0.2, 0.25) is 0 Å². The molecule has 1 aromatic heterocycles. The molecule has 1 unspecified atom stereocenters. The smallest absolute Gasteiger partial charge is 0.345 e. The van der Waals surface area contributed by atoms with Gasteiger partial charge in [-0.1, -0.05) is 0 Å². The number of carboxylic acids is 1. The average molecular weight is 241 g/mol. The minimum atomic E-state index is -0.820. The van der Waals surface area contributed by atoms with Gasteiger partial charge in [-0.15, -0.1) is 23.1 Å². The van der Waals surface area contributed by atoms with Crippen LogP contribution in [0.1, 0.15) is 22.5 Å². The first-order valence-corrected chi connectivity index (χ1v) is 6.71. The minimum absolute atomic E-state index is 0.441. The van der Waals surface area contributed by atoms with Crippen molar-refractivity contribution in [2.24, 2.45) is 5.92 Å². The topological polar surface area (TPSA) is 49.3 Å². The summed E-state index contributed by atoms with van der Waals surface area (Å²) in [6.07, 6.45) is 2.68. The Bertz CT molecular complexity index is 412. The Balaban J connectivity index is 1.85. The van der Waals surface area contributed by atoms with Crippen molar-refractivity contribution < 1.29 is 9.90 Å². The summed E-state index contributed by atoms with van der Waals surface area (Å²) in [6.45, 7) is 0.984. The summed E-state index contributed by atoms with van der Waals surface area (Å²) in [5.74, 6) is 0.0331. The van der Waals surface area contributed by atoms with Crippen molar-refractivity contribution in [2.75, 3.05) is 11.9 Å². The van der Waals surface area contributed by atoms with E-state index in [1.54, 1.807) is 6.07 Å². The van der Waals surface area contributed by atoms with Gasteiger partial charge < -0.3 is 10.4 Å². The van der Waals surface area contributed by atoms with Crippen molar-refractivity contribution in [3.05, 3.63) is 10.9 Å². The quantitative estimate of drug-likeness (QED) is 0.836. The molecule has 15 heavy (non-hydrogen) atoms. The zero-order valence-electron chi connectivity index (χ0n) is 8.03. The predicted octanol–water partition coefficient (Wildman–Crippen LogP) is 2.74. The van der Waals surface area contributed by atoms with Crippen LogP contribution in [0.5, 0.6) is 0 Å². The number of hydrogen-bond acceptors (Lipinski definition) is 4. The summed E-state index contributed by atoms with van der Waals surface area (Å²) < 4.78 is 1.15. The second kappa shape index (κ2) is 3.42. The van der Waals surface area contributed by atoms with Crippen LogP contribution in [0.15, 0.2) is 10.3 Å². The van der Waals surface area contributed by atoms with Crippen molar-refractivity contribution >= 4 is 34.8 Å². The molecule has 1 fully saturated rings. The van der Waals surface area contributed by atoms with Crippen LogP contribution in [-0.2, 0) is 0 Å². The number of aromatic carboxylic acids is 1. The van der Waals surface area contributed by atoms with E-state index in [4.69, 9.17) is 5.11 Å². The Morgan fingerprint density at radius 2 is 2.33 bits per heavy atom. The molecule has 1 aromatic rings. The fraction of sp³-hybridized carbons (Fsp3) is 0.500. The highest BCUT2D eigenvalue weighted by molar-refractivity contribution is 8.02. The Morgan fingerprint density at radius 3 is 3.00 bits per heavy atom. The van der Waals surface area contributed by atoms with Gasteiger partial charge in [0.25, 0.3) is 0 Å². The van der Waals surface area contributed by atoms with E-state index in [1.807, 2.05) is 11.8 Å². The van der Waals surface area contributed by atoms with E-state index < -0.39 is 5.97 Å². The molecule has 3 rings (SSSR count). The third kappa shape index (κ3) is 1.74. The standard InChI is InChI=1S/C10H11NO2S2/c12-9(13)7-3-6-10(14-7)15-8(4-11-6)5-1-2-5/h3,5,8,11H,1-2,4H2,(H,12,13). The zero-order chi connectivity index (χ0) is 10.4. The van der Waals surface area contributed by atoms with Gasteiger partial charge in [0, 0.05) is 11.8 Å². The molecular formula is C10H11NO2S2. The highest BCUT2D eigenvalue weighted by atomic mass is 32.2. The molecule has 1 aliphatic heterocycles. The van der Waals surface area contributed by atoms with E-state index in [-0.39, 0.29) is 0 Å². The normalized spacial score (nSPS) is 24.4. The summed E-state index contributed by atoms with van der Waals surface area (Å²) in [5, 5.41) is 12.9. The first kappa shape index (κ1) is 9.54. The van der Waals surface area contributed by atoms with Gasteiger partial charge in [-0.25, -0.2) is 4.79 Å². The van der Waals surface area contributed by atoms with Crippen LogP contribution < -0.4 is 5.32 Å². The molecule has 1 saturated carbocycles. The number of anilines is 1. The van der Waals surface area contributed by atoms with E-state index in [0.29, 0.717) is 10.1 Å². The maximum Gasteiger partial charge on any atom is 0.345 e. The lowest BCUT2D eigenvalue weighted by atomic mass is 10.2. The maximum atomic E-state index is 10.8. The number of thioether (sulfide) groups is 1. The molecule has 0 radical (unpaired) electrons. The van der Waals surface area contributed by atoms with Crippen molar-refractivity contribution in [3.8, 4) is 0 Å². The molecule has 2 aliphatic rings. The molecule has 3 nitrogen and oxygen atoms in total. The third-order valence-electron chi connectivity index (χ3n) is 2.81. The summed E-state index contributed by atoms with van der Waals surface area (Å²) in [4.78, 5) is 11.3. The zero-order valence-corrected chi connectivity index (χ0v) is 9.66. The van der Waals surface area contributed by atoms with Crippen molar-refractivity contribution in [3.63, 3.8) is 0 Å². The summed E-state index contributed by atoms with van der Waals surface area (Å²) in [7, 11) is 0. The Kier molecular flexibility index (Phi) is 2.17. The lowest BCUT2D eigenvalue weighted by Crippen LogP contribution is -2.21. The second-order valence-corrected chi connectivity index (χ2v) is 6.55. The maximum absolute atomic E-state index is 10.8. The summed E-state index contributed by atoms with van der Waals surface area (Å²) >= 11 is 3.25. The van der Waals surface area contributed by atoms with E-state index in [9.17, 15) is 4.79 Å². The van der Waals surface area contributed by atoms with Crippen LogP contribution in [0, 0.1) is 5.92 Å². The van der Waals surface area contributed by atoms with E-state index >= 15 is 0 Å². The van der Waals surface area contributed by atoms with Gasteiger partial charge in [-0.3, -0.25) is 0 Å². The van der Waals surface area contributed by atoms with Crippen molar-refractivity contribution in [1.82, 2.24) is 0 Å². The molecule has 1 atom stereocenters. The molecule has 0 amide bonds. The van der Waals surface area contributed by atoms with Gasteiger partial charge in [0.15, 0.2) is 0 Å². The number of carbonyl (C=O) groups is 1. The Hall–Kier alpha value is -0.680. The largest absolute Gasteiger partial charge is 0.477 e. The fourth-order valence-electron chi connectivity index (χ4n) is 1.81. The first-order valence-electron chi connectivity index (χ1n) is 5.01. The second-order valence-electron chi connectivity index (χ2n) is 3.99. The molecule has 0 aromatic carbocycles. The highest BCUT2D eigenvalue weighted by Crippen LogP contribution is 2.48. The molecule has 1 aliphatic carbocycles. The van der Waals surface area contributed by atoms with Gasteiger partial charge in [0.05, 0.1) is 9.90 Å². The summed E-state index contributed by atoms with van der Waals surface area (Å²) in [5.41, 5.74) is 1.01. The number of hydrogen-bond donors (Lipinski definition) is 2. The highest BCUT2D eigenvalue weighted by Gasteiger charge is 2.35. The number of nitrogens with one attached hydrogen (secondary N) is 1. The molecule has 0 bridgehead atoms. The van der Waals surface area contributed by atoms with Crippen LogP contribution in [0.4, 0.5) is 5.69 Å². The van der Waals surface area contributed by atoms with Crippen LogP contribution in [0.25, 0.3) is 0 Å². The van der Waals surface area contributed by atoms with E-state index in [0.717, 1.165) is 22.4 Å². The summed E-state index contributed by atoms with van der Waals surface area (Å²) in [6, 6.07) is 1.75. The number of fused-ring (bicyclic) bond motifs is 1. The van der Waals surface area contributed by atoms with Crippen molar-refractivity contribution in [1.29, 1.82) is 0 Å². The fourth-order valence-corrected chi connectivity index (χ4v) is 4.51. The van der Waals surface area contributed by atoms with Gasteiger partial charge >= 0.3 is 5.97 Å². The Labute approximate surface area is 95.9 Å². The minimum Gasteiger partial charge on any atom is -0.477 e. The predicted molar refractivity (Wildman–Crippen MR) is 62.1 cm³/mol. The first-order chi connectivity index (χ1) is 7.24. The molecule has 5 heteroatoms. The lowest BCUT2D eigenvalue weighted by molar-refractivity contribution is 0.0702. The molecule has 80 valence electrons. The van der Waals surface area contributed by atoms with Crippen molar-refractivity contribution in [2.45, 2.75) is 22.3 Å². The van der Waals surface area contributed by atoms with Crippen LogP contribution in [0.2, 0.25) is 0 Å². The number of thiophene rings is 1. The number of rotatable bonds is 2. The molecule has 2 N–H and O–H groups in total. The van der Waals surface area contributed by atoms with Gasteiger partial charge in [-0.05, 0) is 24.8 Å². The van der Waals surface area contributed by atoms with E-state index in [1.165, 1.54) is 24.2 Å². The van der Waals surface area contributed by atoms with Crippen LogP contribution >= 0.6 is 23.1 Å². The molecule has 0 spiro atoms. The third-order valence-corrected chi connectivity index (χ3v) is 5.55. The number of carboxylic acid groups (broad SMARTS) is 1. The molecule has 2 heterocycles.